The van der Waals surface area contributed by atoms with E-state index in [1.54, 1.807) is 19.4 Å². The van der Waals surface area contributed by atoms with E-state index in [9.17, 15) is 9.18 Å². The van der Waals surface area contributed by atoms with Crippen molar-refractivity contribution in [2.24, 2.45) is 0 Å². The first-order valence-corrected chi connectivity index (χ1v) is 8.38. The molecule has 0 saturated carbocycles. The van der Waals surface area contributed by atoms with E-state index in [1.807, 2.05) is 6.07 Å². The molecule has 26 heavy (non-hydrogen) atoms. The third-order valence-corrected chi connectivity index (χ3v) is 3.63. The van der Waals surface area contributed by atoms with E-state index in [1.165, 1.54) is 12.1 Å². The number of aromatic nitrogens is 1. The maximum atomic E-state index is 13.0. The number of pyridine rings is 1. The van der Waals surface area contributed by atoms with Crippen LogP contribution in [0.4, 0.5) is 4.39 Å². The average molecular weight is 383 g/mol. The summed E-state index contributed by atoms with van der Waals surface area (Å²) in [6.07, 6.45) is 1.75. The molecule has 1 amide bonds. The smallest absolute Gasteiger partial charge is 0.223 e. The van der Waals surface area contributed by atoms with Gasteiger partial charge < -0.3 is 19.5 Å². The molecule has 1 aromatic heterocycles. The molecular weight excluding hydrogens is 363 g/mol. The fraction of sp³-hybridized carbons (Fsp3) is 0.333. The van der Waals surface area contributed by atoms with Crippen LogP contribution in [0.1, 0.15) is 12.0 Å². The second-order valence-corrected chi connectivity index (χ2v) is 5.67. The molecule has 0 radical (unpaired) electrons. The third-order valence-electron chi connectivity index (χ3n) is 3.33. The lowest BCUT2D eigenvalue weighted by molar-refractivity contribution is -0.121. The lowest BCUT2D eigenvalue weighted by atomic mass is 10.2. The molecule has 2 rings (SSSR count). The van der Waals surface area contributed by atoms with Crippen molar-refractivity contribution in [2.75, 3.05) is 26.9 Å². The monoisotopic (exact) mass is 382 g/mol. The molecule has 0 saturated heterocycles. The van der Waals surface area contributed by atoms with Gasteiger partial charge in [0.1, 0.15) is 18.2 Å². The van der Waals surface area contributed by atoms with Gasteiger partial charge in [0.2, 0.25) is 11.8 Å². The normalized spacial score (nSPS) is 10.4. The minimum absolute atomic E-state index is 0.126. The van der Waals surface area contributed by atoms with Crippen molar-refractivity contribution < 1.29 is 23.4 Å². The van der Waals surface area contributed by atoms with Gasteiger partial charge in [0.15, 0.2) is 0 Å². The van der Waals surface area contributed by atoms with Crippen molar-refractivity contribution in [3.63, 3.8) is 0 Å². The highest BCUT2D eigenvalue weighted by Gasteiger charge is 2.08. The fourth-order valence-corrected chi connectivity index (χ4v) is 2.26. The highest BCUT2D eigenvalue weighted by Crippen LogP contribution is 2.24. The number of halogens is 2. The lowest BCUT2D eigenvalue weighted by Gasteiger charge is -2.11. The molecule has 0 aliphatic carbocycles. The van der Waals surface area contributed by atoms with E-state index in [0.717, 1.165) is 11.6 Å². The molecule has 8 heteroatoms. The first-order valence-electron chi connectivity index (χ1n) is 8.00. The van der Waals surface area contributed by atoms with Gasteiger partial charge in [0, 0.05) is 25.4 Å². The zero-order valence-corrected chi connectivity index (χ0v) is 15.1. The van der Waals surface area contributed by atoms with E-state index in [-0.39, 0.29) is 30.5 Å². The molecule has 0 aliphatic heterocycles. The van der Waals surface area contributed by atoms with Crippen LogP contribution < -0.4 is 14.8 Å². The van der Waals surface area contributed by atoms with Crippen LogP contribution in [0.15, 0.2) is 36.5 Å². The number of rotatable bonds is 10. The number of carbonyl (C=O) groups excluding carboxylic acids is 1. The Kier molecular flexibility index (Phi) is 8.11. The van der Waals surface area contributed by atoms with Crippen molar-refractivity contribution >= 4 is 17.5 Å². The maximum Gasteiger partial charge on any atom is 0.223 e. The van der Waals surface area contributed by atoms with Crippen molar-refractivity contribution in [1.82, 2.24) is 10.3 Å². The van der Waals surface area contributed by atoms with Crippen LogP contribution in [0, 0.1) is 5.82 Å². The molecule has 140 valence electrons. The molecule has 0 atom stereocenters. The van der Waals surface area contributed by atoms with Crippen LogP contribution >= 0.6 is 11.6 Å². The Hall–Kier alpha value is -2.38. The van der Waals surface area contributed by atoms with E-state index in [2.05, 4.69) is 10.3 Å². The summed E-state index contributed by atoms with van der Waals surface area (Å²) in [5.74, 6) is 0.149. The number of nitrogens with zero attached hydrogens (tertiary/aromatic N) is 1. The molecule has 0 unspecified atom stereocenters. The van der Waals surface area contributed by atoms with E-state index in [0.29, 0.717) is 24.8 Å². The quantitative estimate of drug-likeness (QED) is 0.640. The Labute approximate surface area is 156 Å². The molecular formula is C18H20ClFN2O4. The summed E-state index contributed by atoms with van der Waals surface area (Å²) in [5, 5.41) is 2.94. The van der Waals surface area contributed by atoms with Gasteiger partial charge in [0.05, 0.1) is 24.7 Å². The number of amides is 1. The van der Waals surface area contributed by atoms with Gasteiger partial charge in [-0.25, -0.2) is 9.37 Å². The summed E-state index contributed by atoms with van der Waals surface area (Å²) in [4.78, 5) is 16.1. The number of ether oxygens (including phenoxy) is 3. The second-order valence-electron chi connectivity index (χ2n) is 5.26. The summed E-state index contributed by atoms with van der Waals surface area (Å²) in [7, 11) is 1.59. The predicted molar refractivity (Wildman–Crippen MR) is 95.0 cm³/mol. The molecule has 0 fully saturated rings. The number of hydrogen-bond acceptors (Lipinski definition) is 5. The maximum absolute atomic E-state index is 13.0. The molecule has 1 aromatic carbocycles. The minimum Gasteiger partial charge on any atom is -0.491 e. The lowest BCUT2D eigenvalue weighted by Crippen LogP contribution is -2.25. The first kappa shape index (κ1) is 19.9. The van der Waals surface area contributed by atoms with Crippen molar-refractivity contribution in [3.05, 3.63) is 52.9 Å². The Bertz CT molecular complexity index is 730. The SMILES string of the molecule is COCCOc1ncccc1CNC(=O)CCOc1ccc(F)cc1Cl. The Morgan fingerprint density at radius 3 is 2.85 bits per heavy atom. The standard InChI is InChI=1S/C18H20ClFN2O4/c1-24-9-10-26-18-13(3-2-7-21-18)12-22-17(23)6-8-25-16-5-4-14(20)11-15(16)19/h2-5,7,11H,6,8-10,12H2,1H3,(H,22,23). The molecule has 6 nitrogen and oxygen atoms in total. The molecule has 0 aliphatic rings. The highest BCUT2D eigenvalue weighted by molar-refractivity contribution is 6.32. The van der Waals surface area contributed by atoms with Gasteiger partial charge in [-0.15, -0.1) is 0 Å². The predicted octanol–water partition coefficient (Wildman–Crippen LogP) is 2.98. The molecule has 1 heterocycles. The first-order chi connectivity index (χ1) is 12.6. The molecule has 2 aromatic rings. The summed E-state index contributed by atoms with van der Waals surface area (Å²) >= 11 is 5.86. The van der Waals surface area contributed by atoms with Crippen molar-refractivity contribution in [2.45, 2.75) is 13.0 Å². The fourth-order valence-electron chi connectivity index (χ4n) is 2.04. The van der Waals surface area contributed by atoms with Gasteiger partial charge in [-0.05, 0) is 24.3 Å². The van der Waals surface area contributed by atoms with E-state index >= 15 is 0 Å². The van der Waals surface area contributed by atoms with Gasteiger partial charge >= 0.3 is 0 Å². The number of methoxy groups -OCH3 is 1. The second kappa shape index (κ2) is 10.6. The summed E-state index contributed by atoms with van der Waals surface area (Å²) in [6.45, 7) is 1.24. The summed E-state index contributed by atoms with van der Waals surface area (Å²) in [5.41, 5.74) is 0.763. The zero-order chi connectivity index (χ0) is 18.8. The van der Waals surface area contributed by atoms with Crippen LogP contribution in [-0.2, 0) is 16.1 Å². The number of benzene rings is 1. The Balaban J connectivity index is 1.76. The average Bonchev–Trinajstić information content (AvgIpc) is 2.63. The largest absolute Gasteiger partial charge is 0.491 e. The van der Waals surface area contributed by atoms with Crippen LogP contribution in [-0.4, -0.2) is 37.8 Å². The number of carbonyl (C=O) groups is 1. The van der Waals surface area contributed by atoms with Crippen LogP contribution in [0.2, 0.25) is 5.02 Å². The summed E-state index contributed by atoms with van der Waals surface area (Å²) in [6, 6.07) is 7.42. The van der Waals surface area contributed by atoms with Crippen LogP contribution in [0.5, 0.6) is 11.6 Å². The van der Waals surface area contributed by atoms with Gasteiger partial charge in [-0.3, -0.25) is 4.79 Å². The number of nitrogens with one attached hydrogen (secondary N) is 1. The minimum atomic E-state index is -0.444. The van der Waals surface area contributed by atoms with Gasteiger partial charge in [-0.1, -0.05) is 17.7 Å². The zero-order valence-electron chi connectivity index (χ0n) is 14.3. The molecule has 0 bridgehead atoms. The van der Waals surface area contributed by atoms with Gasteiger partial charge in [-0.2, -0.15) is 0 Å². The Morgan fingerprint density at radius 1 is 1.23 bits per heavy atom. The van der Waals surface area contributed by atoms with Crippen LogP contribution in [0.25, 0.3) is 0 Å². The number of hydrogen-bond donors (Lipinski definition) is 1. The molecule has 1 N–H and O–H groups in total. The highest BCUT2D eigenvalue weighted by atomic mass is 35.5. The van der Waals surface area contributed by atoms with Crippen LogP contribution in [0.3, 0.4) is 0 Å². The van der Waals surface area contributed by atoms with Crippen molar-refractivity contribution in [3.8, 4) is 11.6 Å². The Morgan fingerprint density at radius 2 is 2.08 bits per heavy atom. The topological polar surface area (TPSA) is 69.7 Å². The van der Waals surface area contributed by atoms with Crippen molar-refractivity contribution in [1.29, 1.82) is 0 Å². The van der Waals surface area contributed by atoms with E-state index < -0.39 is 5.82 Å². The van der Waals surface area contributed by atoms with E-state index in [4.69, 9.17) is 25.8 Å². The third kappa shape index (κ3) is 6.50. The molecule has 0 spiro atoms. The summed E-state index contributed by atoms with van der Waals surface area (Å²) < 4.78 is 28.8. The van der Waals surface area contributed by atoms with Gasteiger partial charge in [0.25, 0.3) is 0 Å².